The second-order valence-corrected chi connectivity index (χ2v) is 3.35. The van der Waals surface area contributed by atoms with E-state index in [0.29, 0.717) is 6.42 Å². The molecule has 0 aromatic heterocycles. The van der Waals surface area contributed by atoms with Crippen molar-refractivity contribution in [1.82, 2.24) is 0 Å². The molecule has 0 N–H and O–H groups in total. The quantitative estimate of drug-likeness (QED) is 0.434. The number of carbonyl (C=O) groups excluding carboxylic acids is 1. The maximum atomic E-state index is 11.6. The summed E-state index contributed by atoms with van der Waals surface area (Å²) in [4.78, 5) is 11.6. The van der Waals surface area contributed by atoms with Crippen LogP contribution in [0.4, 0.5) is 0 Å². The lowest BCUT2D eigenvalue weighted by molar-refractivity contribution is -0.119. The second kappa shape index (κ2) is 2.74. The van der Waals surface area contributed by atoms with Crippen molar-refractivity contribution in [2.24, 2.45) is 5.41 Å². The van der Waals surface area contributed by atoms with Crippen LogP contribution in [0.15, 0.2) is 36.0 Å². The molecule has 0 saturated carbocycles. The number of carbonyl (C=O) groups is 1. The van der Waals surface area contributed by atoms with Gasteiger partial charge < -0.3 is 0 Å². The Labute approximate surface area is 77.8 Å². The van der Waals surface area contributed by atoms with E-state index in [1.54, 1.807) is 6.08 Å². The summed E-state index contributed by atoms with van der Waals surface area (Å²) in [6.07, 6.45) is 16.2. The van der Waals surface area contributed by atoms with Crippen molar-refractivity contribution in [3.05, 3.63) is 36.0 Å². The molecule has 0 aromatic rings. The second-order valence-electron chi connectivity index (χ2n) is 3.35. The molecule has 0 saturated heterocycles. The summed E-state index contributed by atoms with van der Waals surface area (Å²) >= 11 is 0. The van der Waals surface area contributed by atoms with Gasteiger partial charge in [-0.25, -0.2) is 0 Å². The fourth-order valence-corrected chi connectivity index (χ4v) is 1.91. The third-order valence-corrected chi connectivity index (χ3v) is 2.63. The molecule has 0 heterocycles. The van der Waals surface area contributed by atoms with Crippen LogP contribution in [0.25, 0.3) is 0 Å². The Hall–Kier alpha value is -1.55. The smallest absolute Gasteiger partial charge is 0.170 e. The first-order chi connectivity index (χ1) is 6.29. The fourth-order valence-electron chi connectivity index (χ4n) is 1.91. The zero-order chi connectivity index (χ0) is 9.31. The summed E-state index contributed by atoms with van der Waals surface area (Å²) in [5.41, 5.74) is 0.561. The van der Waals surface area contributed by atoms with Gasteiger partial charge >= 0.3 is 0 Å². The third kappa shape index (κ3) is 0.990. The van der Waals surface area contributed by atoms with Gasteiger partial charge in [0.1, 0.15) is 0 Å². The van der Waals surface area contributed by atoms with E-state index in [1.807, 2.05) is 18.2 Å². The Balaban J connectivity index is 2.48. The van der Waals surface area contributed by atoms with Crippen molar-refractivity contribution < 1.29 is 4.79 Å². The van der Waals surface area contributed by atoms with Gasteiger partial charge in [-0.1, -0.05) is 24.3 Å². The molecular formula is C12H10O. The zero-order valence-corrected chi connectivity index (χ0v) is 7.29. The number of hydrogen-bond acceptors (Lipinski definition) is 1. The number of fused-ring (bicyclic) bond motifs is 1. The molecule has 1 unspecified atom stereocenters. The Morgan fingerprint density at radius 1 is 1.54 bits per heavy atom. The van der Waals surface area contributed by atoms with E-state index < -0.39 is 5.41 Å². The minimum Gasteiger partial charge on any atom is -0.293 e. The van der Waals surface area contributed by atoms with Crippen LogP contribution in [0.1, 0.15) is 12.8 Å². The topological polar surface area (TPSA) is 17.1 Å². The first-order valence-electron chi connectivity index (χ1n) is 4.34. The molecular weight excluding hydrogens is 160 g/mol. The lowest BCUT2D eigenvalue weighted by atomic mass is 9.75. The van der Waals surface area contributed by atoms with Crippen LogP contribution >= 0.6 is 0 Å². The van der Waals surface area contributed by atoms with Gasteiger partial charge in [0.2, 0.25) is 0 Å². The highest BCUT2D eigenvalue weighted by atomic mass is 16.1. The summed E-state index contributed by atoms with van der Waals surface area (Å²) < 4.78 is 0. The zero-order valence-electron chi connectivity index (χ0n) is 7.29. The lowest BCUT2D eigenvalue weighted by Crippen LogP contribution is -2.26. The van der Waals surface area contributed by atoms with Gasteiger partial charge in [-0.05, 0) is 18.1 Å². The predicted octanol–water partition coefficient (Wildman–Crippen LogP) is 2.02. The highest BCUT2D eigenvalue weighted by molar-refractivity contribution is 6.03. The van der Waals surface area contributed by atoms with Crippen LogP contribution < -0.4 is 0 Å². The van der Waals surface area contributed by atoms with E-state index in [-0.39, 0.29) is 5.78 Å². The number of allylic oxidation sites excluding steroid dienone is 6. The molecule has 1 nitrogen and oxygen atoms in total. The van der Waals surface area contributed by atoms with Crippen molar-refractivity contribution in [2.45, 2.75) is 12.8 Å². The Bertz CT molecular complexity index is 376. The first-order valence-corrected chi connectivity index (χ1v) is 4.34. The standard InChI is InChI=1S/C12H10O/c1-2-8-12-9-4-3-5-10(12)6-7-11(12)13/h1,4-7,9H,3,8H2. The molecule has 0 fully saturated rings. The van der Waals surface area contributed by atoms with Gasteiger partial charge in [0.05, 0.1) is 5.41 Å². The van der Waals surface area contributed by atoms with Crippen molar-refractivity contribution in [3.8, 4) is 12.3 Å². The molecule has 13 heavy (non-hydrogen) atoms. The van der Waals surface area contributed by atoms with Gasteiger partial charge in [0.25, 0.3) is 0 Å². The maximum Gasteiger partial charge on any atom is 0.170 e. The number of rotatable bonds is 1. The van der Waals surface area contributed by atoms with Crippen molar-refractivity contribution >= 4 is 5.78 Å². The van der Waals surface area contributed by atoms with E-state index >= 15 is 0 Å². The maximum absolute atomic E-state index is 11.6. The summed E-state index contributed by atoms with van der Waals surface area (Å²) in [5.74, 6) is 2.70. The van der Waals surface area contributed by atoms with Crippen LogP contribution in [0.2, 0.25) is 0 Å². The highest BCUT2D eigenvalue weighted by Gasteiger charge is 2.40. The monoisotopic (exact) mass is 170 g/mol. The molecule has 0 aromatic carbocycles. The van der Waals surface area contributed by atoms with Gasteiger partial charge in [-0.15, -0.1) is 12.3 Å². The minimum atomic E-state index is -0.507. The van der Waals surface area contributed by atoms with Gasteiger partial charge in [-0.2, -0.15) is 0 Å². The molecule has 2 aliphatic carbocycles. The largest absolute Gasteiger partial charge is 0.293 e. The number of hydrogen-bond donors (Lipinski definition) is 0. The van der Waals surface area contributed by atoms with Crippen molar-refractivity contribution in [3.63, 3.8) is 0 Å². The molecule has 1 heteroatoms. The Morgan fingerprint density at radius 2 is 2.38 bits per heavy atom. The number of terminal acetylenes is 1. The fraction of sp³-hybridized carbons (Fsp3) is 0.250. The van der Waals surface area contributed by atoms with Crippen LogP contribution in [0.5, 0.6) is 0 Å². The average Bonchev–Trinajstić information content (AvgIpc) is 2.46. The lowest BCUT2D eigenvalue weighted by Gasteiger charge is -2.25. The predicted molar refractivity (Wildman–Crippen MR) is 51.9 cm³/mol. The van der Waals surface area contributed by atoms with Gasteiger partial charge in [0.15, 0.2) is 5.78 Å². The Kier molecular flexibility index (Phi) is 1.70. The summed E-state index contributed by atoms with van der Waals surface area (Å²) in [6.45, 7) is 0. The normalized spacial score (nSPS) is 29.8. The molecule has 0 amide bonds. The molecule has 2 rings (SSSR count). The molecule has 0 radical (unpaired) electrons. The van der Waals surface area contributed by atoms with Crippen molar-refractivity contribution in [2.75, 3.05) is 0 Å². The van der Waals surface area contributed by atoms with E-state index in [2.05, 4.69) is 12.0 Å². The van der Waals surface area contributed by atoms with Gasteiger partial charge in [0, 0.05) is 6.42 Å². The first kappa shape index (κ1) is 8.07. The highest BCUT2D eigenvalue weighted by Crippen LogP contribution is 2.42. The Morgan fingerprint density at radius 3 is 3.15 bits per heavy atom. The molecule has 0 aliphatic heterocycles. The number of ketones is 1. The molecule has 0 bridgehead atoms. The summed E-state index contributed by atoms with van der Waals surface area (Å²) in [7, 11) is 0. The SMILES string of the molecule is C#CCC12C=CCC=C1C=CC2=O. The summed E-state index contributed by atoms with van der Waals surface area (Å²) in [5, 5.41) is 0. The van der Waals surface area contributed by atoms with Gasteiger partial charge in [-0.3, -0.25) is 4.79 Å². The molecule has 1 atom stereocenters. The van der Waals surface area contributed by atoms with Crippen LogP contribution in [-0.4, -0.2) is 5.78 Å². The van der Waals surface area contributed by atoms with E-state index in [9.17, 15) is 4.79 Å². The molecule has 0 spiro atoms. The van der Waals surface area contributed by atoms with Crippen LogP contribution in [0.3, 0.4) is 0 Å². The van der Waals surface area contributed by atoms with E-state index in [4.69, 9.17) is 6.42 Å². The average molecular weight is 170 g/mol. The third-order valence-electron chi connectivity index (χ3n) is 2.63. The van der Waals surface area contributed by atoms with Crippen LogP contribution in [0, 0.1) is 17.8 Å². The van der Waals surface area contributed by atoms with Crippen LogP contribution in [-0.2, 0) is 4.79 Å². The van der Waals surface area contributed by atoms with Crippen molar-refractivity contribution in [1.29, 1.82) is 0 Å². The van der Waals surface area contributed by atoms with E-state index in [1.165, 1.54) is 0 Å². The minimum absolute atomic E-state index is 0.118. The molecule has 64 valence electrons. The molecule has 2 aliphatic rings. The van der Waals surface area contributed by atoms with E-state index in [0.717, 1.165) is 12.0 Å². The summed E-state index contributed by atoms with van der Waals surface area (Å²) in [6, 6.07) is 0.